The second kappa shape index (κ2) is 10.3. The van der Waals surface area contributed by atoms with E-state index in [1.807, 2.05) is 72.8 Å². The third-order valence-electron chi connectivity index (χ3n) is 7.94. The molecule has 0 aromatic heterocycles. The lowest BCUT2D eigenvalue weighted by Gasteiger charge is -2.56. The van der Waals surface area contributed by atoms with Gasteiger partial charge in [-0.3, -0.25) is 19.4 Å². The molecular weight excluding hydrogens is 504 g/mol. The smallest absolute Gasteiger partial charge is 0.325 e. The highest BCUT2D eigenvalue weighted by molar-refractivity contribution is 6.04. The number of hydrazine groups is 1. The molecule has 0 N–H and O–H groups in total. The van der Waals surface area contributed by atoms with Crippen LogP contribution in [0.2, 0.25) is 0 Å². The topological polar surface area (TPSA) is 76.2 Å². The fourth-order valence-corrected chi connectivity index (χ4v) is 5.82. The van der Waals surface area contributed by atoms with E-state index in [4.69, 9.17) is 9.47 Å². The lowest BCUT2D eigenvalue weighted by molar-refractivity contribution is -0.175. The number of hydrogen-bond donors (Lipinski definition) is 0. The van der Waals surface area contributed by atoms with E-state index in [1.54, 1.807) is 28.2 Å². The van der Waals surface area contributed by atoms with E-state index in [1.165, 1.54) is 14.2 Å². The molecule has 5 rings (SSSR count). The number of methoxy groups -OCH3 is 2. The summed E-state index contributed by atoms with van der Waals surface area (Å²) in [5.74, 6) is -1.66. The molecule has 7 heteroatoms. The Bertz CT molecular complexity index is 1440. The number of fused-ring (bicyclic) bond motifs is 3. The molecule has 0 radical (unpaired) electrons. The first-order valence-corrected chi connectivity index (χ1v) is 13.4. The zero-order chi connectivity index (χ0) is 28.7. The summed E-state index contributed by atoms with van der Waals surface area (Å²) in [6.07, 6.45) is 3.65. The average Bonchev–Trinajstić information content (AvgIpc) is 2.98. The maximum atomic E-state index is 14.4. The van der Waals surface area contributed by atoms with Crippen molar-refractivity contribution in [3.05, 3.63) is 107 Å². The summed E-state index contributed by atoms with van der Waals surface area (Å²) in [4.78, 5) is 41.7. The van der Waals surface area contributed by atoms with Crippen LogP contribution in [0, 0.1) is 5.41 Å². The highest BCUT2D eigenvalue weighted by Gasteiger charge is 2.63. The van der Waals surface area contributed by atoms with Crippen LogP contribution in [0.5, 0.6) is 0 Å². The minimum absolute atomic E-state index is 0.0204. The van der Waals surface area contributed by atoms with Gasteiger partial charge in [-0.1, -0.05) is 93.6 Å². The highest BCUT2D eigenvalue weighted by atomic mass is 16.5. The molecule has 0 unspecified atom stereocenters. The Balaban J connectivity index is 1.78. The molecule has 206 valence electrons. The van der Waals surface area contributed by atoms with Gasteiger partial charge >= 0.3 is 11.9 Å². The van der Waals surface area contributed by atoms with Gasteiger partial charge in [-0.05, 0) is 40.3 Å². The lowest BCUT2D eigenvalue weighted by atomic mass is 9.70. The van der Waals surface area contributed by atoms with Gasteiger partial charge < -0.3 is 9.47 Å². The Morgan fingerprint density at radius 3 is 2.02 bits per heavy atom. The van der Waals surface area contributed by atoms with Crippen molar-refractivity contribution in [2.45, 2.75) is 44.7 Å². The largest absolute Gasteiger partial charge is 0.468 e. The summed E-state index contributed by atoms with van der Waals surface area (Å²) in [7, 11) is 2.54. The average molecular weight is 539 g/mol. The normalized spacial score (nSPS) is 19.3. The van der Waals surface area contributed by atoms with Crippen LogP contribution < -0.4 is 5.01 Å². The van der Waals surface area contributed by atoms with Crippen LogP contribution in [-0.2, 0) is 24.5 Å². The molecule has 0 bridgehead atoms. The van der Waals surface area contributed by atoms with E-state index in [0.29, 0.717) is 11.3 Å². The number of amides is 1. The van der Waals surface area contributed by atoms with Crippen LogP contribution in [-0.4, -0.2) is 43.1 Å². The van der Waals surface area contributed by atoms with Gasteiger partial charge in [0.05, 0.1) is 32.0 Å². The summed E-state index contributed by atoms with van der Waals surface area (Å²) >= 11 is 0. The predicted octanol–water partition coefficient (Wildman–Crippen LogP) is 5.72. The van der Waals surface area contributed by atoms with E-state index in [9.17, 15) is 14.4 Å². The third kappa shape index (κ3) is 4.35. The van der Waals surface area contributed by atoms with Gasteiger partial charge in [-0.15, -0.1) is 0 Å². The summed E-state index contributed by atoms with van der Waals surface area (Å²) in [5, 5.41) is 3.48. The molecule has 2 aliphatic rings. The molecule has 1 fully saturated rings. The zero-order valence-electron chi connectivity index (χ0n) is 23.5. The van der Waals surface area contributed by atoms with Crippen molar-refractivity contribution in [1.82, 2.24) is 5.01 Å². The number of carbonyl (C=O) groups excluding carboxylic acids is 3. The van der Waals surface area contributed by atoms with Gasteiger partial charge in [0, 0.05) is 12.0 Å². The van der Waals surface area contributed by atoms with Crippen molar-refractivity contribution in [3.8, 4) is 0 Å². The molecule has 2 heterocycles. The number of hydrogen-bond acceptors (Lipinski definition) is 6. The first-order valence-electron chi connectivity index (χ1n) is 13.4. The van der Waals surface area contributed by atoms with Gasteiger partial charge in [-0.2, -0.15) is 0 Å². The van der Waals surface area contributed by atoms with E-state index in [-0.39, 0.29) is 17.7 Å². The highest BCUT2D eigenvalue weighted by Crippen LogP contribution is 2.51. The van der Waals surface area contributed by atoms with Crippen molar-refractivity contribution < 1.29 is 23.9 Å². The van der Waals surface area contributed by atoms with Crippen molar-refractivity contribution in [2.75, 3.05) is 19.2 Å². The van der Waals surface area contributed by atoms with E-state index >= 15 is 0 Å². The molecule has 1 amide bonds. The van der Waals surface area contributed by atoms with Crippen molar-refractivity contribution in [1.29, 1.82) is 0 Å². The number of esters is 2. The predicted molar refractivity (Wildman–Crippen MR) is 153 cm³/mol. The van der Waals surface area contributed by atoms with E-state index in [0.717, 1.165) is 16.7 Å². The fraction of sp³-hybridized carbons (Fsp3) is 0.303. The van der Waals surface area contributed by atoms with Gasteiger partial charge in [0.1, 0.15) is 0 Å². The molecule has 0 saturated carbocycles. The van der Waals surface area contributed by atoms with Crippen LogP contribution in [0.4, 0.5) is 5.69 Å². The minimum atomic E-state index is -1.73. The summed E-state index contributed by atoms with van der Waals surface area (Å²) in [6, 6.07) is 23.1. The van der Waals surface area contributed by atoms with Crippen LogP contribution >= 0.6 is 0 Å². The summed E-state index contributed by atoms with van der Waals surface area (Å²) < 4.78 is 10.6. The first-order chi connectivity index (χ1) is 19.1. The van der Waals surface area contributed by atoms with Gasteiger partial charge in [0.2, 0.25) is 0 Å². The molecule has 40 heavy (non-hydrogen) atoms. The van der Waals surface area contributed by atoms with Crippen LogP contribution in [0.15, 0.2) is 84.9 Å². The molecule has 1 saturated heterocycles. The monoisotopic (exact) mass is 538 g/mol. The Kier molecular flexibility index (Phi) is 7.00. The molecule has 7 nitrogen and oxygen atoms in total. The Morgan fingerprint density at radius 2 is 1.43 bits per heavy atom. The van der Waals surface area contributed by atoms with Crippen molar-refractivity contribution in [2.24, 2.45) is 5.41 Å². The number of nitrogens with zero attached hydrogens (tertiary/aromatic N) is 2. The third-order valence-corrected chi connectivity index (χ3v) is 7.94. The first kappa shape index (κ1) is 27.2. The number of ether oxygens (including phenoxy) is 2. The van der Waals surface area contributed by atoms with Gasteiger partial charge in [0.15, 0.2) is 5.41 Å². The molecule has 3 aromatic rings. The zero-order valence-corrected chi connectivity index (χ0v) is 23.5. The van der Waals surface area contributed by atoms with E-state index in [2.05, 4.69) is 20.8 Å². The van der Waals surface area contributed by atoms with Crippen LogP contribution in [0.25, 0.3) is 6.08 Å². The Morgan fingerprint density at radius 1 is 0.825 bits per heavy atom. The molecular formula is C33H34N2O5. The quantitative estimate of drug-likeness (QED) is 0.312. The van der Waals surface area contributed by atoms with Gasteiger partial charge in [0.25, 0.3) is 5.91 Å². The molecule has 3 aromatic carbocycles. The second-order valence-corrected chi connectivity index (χ2v) is 11.3. The van der Waals surface area contributed by atoms with Gasteiger partial charge in [-0.25, -0.2) is 5.01 Å². The number of para-hydroxylation sites is 1. The van der Waals surface area contributed by atoms with Crippen LogP contribution in [0.1, 0.15) is 60.3 Å². The number of benzene rings is 3. The standard InChI is InChI=1S/C33H34N2O5/c1-32(2,3)25-18-15-23(16-19-25)27-21-33(30(37)39-4,31(38)40-5)28-20-17-22-11-9-10-14-26(22)34(28)35(27)29(36)24-12-7-6-8-13-24/h6-20,27-28H,21H2,1-5H3/t27-,28+/m0/s1. The SMILES string of the molecule is COC(=O)C1(C(=O)OC)C[C@@H](c2ccc(C(C)(C)C)cc2)N(C(=O)c2ccccc2)N2c3ccccc3C=C[C@@H]21. The maximum absolute atomic E-state index is 14.4. The van der Waals surface area contributed by atoms with Crippen molar-refractivity contribution >= 4 is 29.6 Å². The van der Waals surface area contributed by atoms with E-state index < -0.39 is 29.4 Å². The summed E-state index contributed by atoms with van der Waals surface area (Å²) in [6.45, 7) is 6.40. The number of carbonyl (C=O) groups is 3. The molecule has 0 aliphatic carbocycles. The second-order valence-electron chi connectivity index (χ2n) is 11.3. The Labute approximate surface area is 235 Å². The fourth-order valence-electron chi connectivity index (χ4n) is 5.82. The molecule has 2 aliphatic heterocycles. The molecule has 0 spiro atoms. The number of rotatable bonds is 4. The number of anilines is 1. The maximum Gasteiger partial charge on any atom is 0.325 e. The lowest BCUT2D eigenvalue weighted by Crippen LogP contribution is -2.68. The summed E-state index contributed by atoms with van der Waals surface area (Å²) in [5.41, 5.74) is 2.17. The Hall–Kier alpha value is -4.39. The molecule has 2 atom stereocenters. The van der Waals surface area contributed by atoms with Crippen molar-refractivity contribution in [3.63, 3.8) is 0 Å². The minimum Gasteiger partial charge on any atom is -0.468 e. The van der Waals surface area contributed by atoms with Crippen LogP contribution in [0.3, 0.4) is 0 Å².